The number of carbonyl (C=O) groups is 1. The van der Waals surface area contributed by atoms with Crippen LogP contribution in [-0.4, -0.2) is 63.1 Å². The molecule has 2 saturated heterocycles. The molecule has 6 heteroatoms. The summed E-state index contributed by atoms with van der Waals surface area (Å²) in [4.78, 5) is 23.8. The largest absolute Gasteiger partial charge is 0.392 e. The number of rotatable bonds is 4. The van der Waals surface area contributed by atoms with Crippen molar-refractivity contribution in [3.8, 4) is 0 Å². The smallest absolute Gasteiger partial charge is 0.222 e. The van der Waals surface area contributed by atoms with Crippen LogP contribution in [0.1, 0.15) is 38.4 Å². The van der Waals surface area contributed by atoms with Gasteiger partial charge in [-0.3, -0.25) is 9.69 Å². The summed E-state index contributed by atoms with van der Waals surface area (Å²) >= 11 is 0. The standard InChI is InChI=1S/C16H26N4O2/c1-13(21)10-20-12-16(3-2-15(20)22)4-8-19(9-5-16)11-14-17-6-7-18-14/h6-7,13,21H,2-5,8-12H2,1H3,(H,17,18)/t13-/m0/s1. The van der Waals surface area contributed by atoms with E-state index in [-0.39, 0.29) is 11.3 Å². The van der Waals surface area contributed by atoms with Crippen molar-refractivity contribution in [1.82, 2.24) is 19.8 Å². The molecule has 0 radical (unpaired) electrons. The summed E-state index contributed by atoms with van der Waals surface area (Å²) in [6.45, 7) is 6.01. The fourth-order valence-corrected chi connectivity index (χ4v) is 3.78. The Morgan fingerprint density at radius 1 is 1.41 bits per heavy atom. The van der Waals surface area contributed by atoms with Crippen LogP contribution >= 0.6 is 0 Å². The van der Waals surface area contributed by atoms with E-state index in [1.165, 1.54) is 0 Å². The average Bonchev–Trinajstić information content (AvgIpc) is 2.98. The number of aromatic nitrogens is 2. The highest BCUT2D eigenvalue weighted by molar-refractivity contribution is 5.77. The van der Waals surface area contributed by atoms with Gasteiger partial charge in [0.05, 0.1) is 12.6 Å². The zero-order chi connectivity index (χ0) is 15.6. The number of H-pyrrole nitrogens is 1. The Labute approximate surface area is 131 Å². The monoisotopic (exact) mass is 306 g/mol. The van der Waals surface area contributed by atoms with E-state index >= 15 is 0 Å². The lowest BCUT2D eigenvalue weighted by Gasteiger charge is -2.47. The van der Waals surface area contributed by atoms with Gasteiger partial charge in [0.15, 0.2) is 0 Å². The zero-order valence-corrected chi connectivity index (χ0v) is 13.3. The van der Waals surface area contributed by atoms with Crippen LogP contribution < -0.4 is 0 Å². The number of imidazole rings is 1. The number of likely N-dealkylation sites (tertiary alicyclic amines) is 2. The molecule has 122 valence electrons. The van der Waals surface area contributed by atoms with Gasteiger partial charge in [-0.25, -0.2) is 4.98 Å². The van der Waals surface area contributed by atoms with Crippen molar-refractivity contribution in [2.24, 2.45) is 5.41 Å². The van der Waals surface area contributed by atoms with Crippen LogP contribution in [-0.2, 0) is 11.3 Å². The first-order valence-electron chi connectivity index (χ1n) is 8.23. The third kappa shape index (κ3) is 3.50. The SMILES string of the molecule is C[C@H](O)CN1CC2(CCC1=O)CCN(Cc1ncc[nH]1)CC2. The minimum atomic E-state index is -0.446. The third-order valence-electron chi connectivity index (χ3n) is 5.08. The Hall–Kier alpha value is -1.40. The molecule has 6 nitrogen and oxygen atoms in total. The molecular formula is C16H26N4O2. The van der Waals surface area contributed by atoms with Crippen LogP contribution in [0.25, 0.3) is 0 Å². The molecule has 0 aliphatic carbocycles. The second-order valence-corrected chi connectivity index (χ2v) is 6.94. The first-order chi connectivity index (χ1) is 10.6. The van der Waals surface area contributed by atoms with Crippen LogP contribution in [0.5, 0.6) is 0 Å². The van der Waals surface area contributed by atoms with Crippen molar-refractivity contribution in [3.63, 3.8) is 0 Å². The molecule has 1 aromatic rings. The minimum Gasteiger partial charge on any atom is -0.392 e. The molecule has 1 aromatic heterocycles. The highest BCUT2D eigenvalue weighted by Crippen LogP contribution is 2.40. The molecule has 2 aliphatic heterocycles. The first-order valence-corrected chi connectivity index (χ1v) is 8.23. The second-order valence-electron chi connectivity index (χ2n) is 6.94. The number of β-amino-alcohol motifs (C(OH)–C–C–N with tert-alkyl or cyclic N) is 1. The fourth-order valence-electron chi connectivity index (χ4n) is 3.78. The highest BCUT2D eigenvalue weighted by Gasteiger charge is 2.41. The Balaban J connectivity index is 1.56. The molecule has 0 aromatic carbocycles. The number of piperidine rings is 2. The lowest BCUT2D eigenvalue weighted by atomic mass is 9.72. The molecular weight excluding hydrogens is 280 g/mol. The van der Waals surface area contributed by atoms with Crippen LogP contribution in [0.4, 0.5) is 0 Å². The molecule has 0 unspecified atom stereocenters. The number of amides is 1. The first kappa shape index (κ1) is 15.5. The molecule has 0 saturated carbocycles. The van der Waals surface area contributed by atoms with Gasteiger partial charge < -0.3 is 15.0 Å². The van der Waals surface area contributed by atoms with Crippen LogP contribution in [0.15, 0.2) is 12.4 Å². The number of carbonyl (C=O) groups excluding carboxylic acids is 1. The number of nitrogens with one attached hydrogen (secondary N) is 1. The average molecular weight is 306 g/mol. The summed E-state index contributed by atoms with van der Waals surface area (Å²) in [5.74, 6) is 1.22. The van der Waals surface area contributed by atoms with Gasteiger partial charge in [0, 0.05) is 31.9 Å². The molecule has 2 aliphatic rings. The van der Waals surface area contributed by atoms with Gasteiger partial charge in [-0.2, -0.15) is 0 Å². The van der Waals surface area contributed by atoms with Crippen LogP contribution in [0.3, 0.4) is 0 Å². The zero-order valence-electron chi connectivity index (χ0n) is 13.3. The van der Waals surface area contributed by atoms with Crippen molar-refractivity contribution >= 4 is 5.91 Å². The predicted molar refractivity (Wildman–Crippen MR) is 83.0 cm³/mol. The summed E-state index contributed by atoms with van der Waals surface area (Å²) in [6.07, 6.45) is 7.08. The summed E-state index contributed by atoms with van der Waals surface area (Å²) in [5.41, 5.74) is 0.252. The van der Waals surface area contributed by atoms with Crippen molar-refractivity contribution in [3.05, 3.63) is 18.2 Å². The van der Waals surface area contributed by atoms with Gasteiger partial charge in [0.1, 0.15) is 5.82 Å². The molecule has 0 bridgehead atoms. The maximum atomic E-state index is 12.0. The number of hydrogen-bond acceptors (Lipinski definition) is 4. The van der Waals surface area contributed by atoms with E-state index in [1.807, 2.05) is 11.1 Å². The molecule has 3 heterocycles. The van der Waals surface area contributed by atoms with Crippen molar-refractivity contribution in [2.45, 2.75) is 45.3 Å². The normalized spacial score (nSPS) is 23.9. The molecule has 2 fully saturated rings. The van der Waals surface area contributed by atoms with Gasteiger partial charge in [0.25, 0.3) is 0 Å². The molecule has 1 atom stereocenters. The van der Waals surface area contributed by atoms with Crippen molar-refractivity contribution < 1.29 is 9.90 Å². The Bertz CT molecular complexity index is 492. The van der Waals surface area contributed by atoms with Crippen LogP contribution in [0.2, 0.25) is 0 Å². The second kappa shape index (κ2) is 6.38. The van der Waals surface area contributed by atoms with E-state index in [1.54, 1.807) is 13.1 Å². The van der Waals surface area contributed by atoms with Gasteiger partial charge in [0.2, 0.25) is 5.91 Å². The van der Waals surface area contributed by atoms with Gasteiger partial charge in [-0.05, 0) is 44.7 Å². The molecule has 1 amide bonds. The predicted octanol–water partition coefficient (Wildman–Crippen LogP) is 0.995. The number of aliphatic hydroxyl groups is 1. The summed E-state index contributed by atoms with van der Waals surface area (Å²) in [6, 6.07) is 0. The van der Waals surface area contributed by atoms with Crippen molar-refractivity contribution in [1.29, 1.82) is 0 Å². The number of aliphatic hydroxyl groups excluding tert-OH is 1. The summed E-state index contributed by atoms with van der Waals surface area (Å²) < 4.78 is 0. The number of nitrogens with zero attached hydrogens (tertiary/aromatic N) is 3. The molecule has 3 rings (SSSR count). The molecule has 22 heavy (non-hydrogen) atoms. The van der Waals surface area contributed by atoms with E-state index < -0.39 is 6.10 Å². The number of hydrogen-bond donors (Lipinski definition) is 2. The molecule has 1 spiro atoms. The van der Waals surface area contributed by atoms with E-state index in [9.17, 15) is 9.90 Å². The van der Waals surface area contributed by atoms with E-state index in [0.29, 0.717) is 13.0 Å². The lowest BCUT2D eigenvalue weighted by Crippen LogP contribution is -2.52. The van der Waals surface area contributed by atoms with Gasteiger partial charge >= 0.3 is 0 Å². The Morgan fingerprint density at radius 2 is 2.18 bits per heavy atom. The topological polar surface area (TPSA) is 72.5 Å². The minimum absolute atomic E-state index is 0.199. The van der Waals surface area contributed by atoms with Gasteiger partial charge in [-0.1, -0.05) is 0 Å². The van der Waals surface area contributed by atoms with E-state index in [0.717, 1.165) is 51.3 Å². The Kier molecular flexibility index (Phi) is 4.49. The maximum absolute atomic E-state index is 12.0. The summed E-state index contributed by atoms with van der Waals surface area (Å²) in [7, 11) is 0. The lowest BCUT2D eigenvalue weighted by molar-refractivity contribution is -0.140. The van der Waals surface area contributed by atoms with Crippen molar-refractivity contribution in [2.75, 3.05) is 26.2 Å². The third-order valence-corrected chi connectivity index (χ3v) is 5.08. The summed E-state index contributed by atoms with van der Waals surface area (Å²) in [5, 5.41) is 9.58. The molecule has 2 N–H and O–H groups in total. The van der Waals surface area contributed by atoms with Crippen LogP contribution in [0, 0.1) is 5.41 Å². The number of aromatic amines is 1. The fraction of sp³-hybridized carbons (Fsp3) is 0.750. The quantitative estimate of drug-likeness (QED) is 0.870. The highest BCUT2D eigenvalue weighted by atomic mass is 16.3. The van der Waals surface area contributed by atoms with E-state index in [2.05, 4.69) is 14.9 Å². The van der Waals surface area contributed by atoms with Gasteiger partial charge in [-0.15, -0.1) is 0 Å². The maximum Gasteiger partial charge on any atom is 0.222 e. The Morgan fingerprint density at radius 3 is 2.82 bits per heavy atom. The van der Waals surface area contributed by atoms with E-state index in [4.69, 9.17) is 0 Å².